The first-order chi connectivity index (χ1) is 15.6. The number of hydrogen-bond acceptors (Lipinski definition) is 7. The summed E-state index contributed by atoms with van der Waals surface area (Å²) < 4.78 is 62.9. The average Bonchev–Trinajstić information content (AvgIpc) is 3.48. The van der Waals surface area contributed by atoms with Gasteiger partial charge in [-0.2, -0.15) is 8.42 Å². The van der Waals surface area contributed by atoms with Gasteiger partial charge in [-0.3, -0.25) is 14.1 Å². The Morgan fingerprint density at radius 3 is 2.48 bits per heavy atom. The molecule has 1 aliphatic carbocycles. The molecule has 12 heteroatoms. The van der Waals surface area contributed by atoms with Crippen LogP contribution in [0.5, 0.6) is 0 Å². The minimum absolute atomic E-state index is 0.0142. The normalized spacial score (nSPS) is 28.8. The second-order valence-electron chi connectivity index (χ2n) is 8.84. The zero-order valence-corrected chi connectivity index (χ0v) is 19.8. The molecule has 176 valence electrons. The summed E-state index contributed by atoms with van der Waals surface area (Å²) in [5.74, 6) is 0.894. The lowest BCUT2D eigenvalue weighted by atomic mass is 9.92. The monoisotopic (exact) mass is 491 g/mol. The molecule has 3 heterocycles. The molecule has 2 unspecified atom stereocenters. The van der Waals surface area contributed by atoms with Crippen molar-refractivity contribution in [2.45, 2.75) is 61.4 Å². The molecule has 2 aromatic rings. The second kappa shape index (κ2) is 7.74. The molecule has 0 amide bonds. The first kappa shape index (κ1) is 22.2. The van der Waals surface area contributed by atoms with Crippen LogP contribution in [0.25, 0.3) is 0 Å². The van der Waals surface area contributed by atoms with Gasteiger partial charge in [-0.15, -0.1) is 10.2 Å². The summed E-state index contributed by atoms with van der Waals surface area (Å²) in [4.78, 5) is 4.64. The van der Waals surface area contributed by atoms with E-state index in [9.17, 15) is 21.4 Å². The first-order valence-corrected chi connectivity index (χ1v) is 13.8. The lowest BCUT2D eigenvalue weighted by Gasteiger charge is -2.31. The van der Waals surface area contributed by atoms with Crippen LogP contribution in [0.3, 0.4) is 0 Å². The second-order valence-corrected chi connectivity index (χ2v) is 12.4. The number of rotatable bonds is 5. The Hall–Kier alpha value is -2.57. The third-order valence-corrected chi connectivity index (χ3v) is 9.90. The predicted molar refractivity (Wildman–Crippen MR) is 121 cm³/mol. The van der Waals surface area contributed by atoms with E-state index in [0.717, 1.165) is 12.0 Å². The van der Waals surface area contributed by atoms with Crippen molar-refractivity contribution in [3.8, 4) is 0 Å². The van der Waals surface area contributed by atoms with E-state index >= 15 is 0 Å². The van der Waals surface area contributed by atoms with Crippen LogP contribution >= 0.6 is 0 Å². The predicted octanol–water partition coefficient (Wildman–Crippen LogP) is 2.26. The molecule has 1 aromatic carbocycles. The van der Waals surface area contributed by atoms with Crippen LogP contribution in [-0.2, 0) is 20.1 Å². The Morgan fingerprint density at radius 1 is 1.09 bits per heavy atom. The van der Waals surface area contributed by atoms with Crippen molar-refractivity contribution in [3.05, 3.63) is 53.8 Å². The molecule has 3 aliphatic rings. The smallest absolute Gasteiger partial charge is 0.267 e. The maximum absolute atomic E-state index is 13.3. The minimum atomic E-state index is -4.16. The topological polar surface area (TPSA) is 135 Å². The van der Waals surface area contributed by atoms with Crippen molar-refractivity contribution in [2.75, 3.05) is 0 Å². The van der Waals surface area contributed by atoms with Crippen LogP contribution in [-0.4, -0.2) is 58.1 Å². The summed E-state index contributed by atoms with van der Waals surface area (Å²) in [6, 6.07) is 6.21. The number of fused-ring (bicyclic) bond motifs is 3. The molecule has 0 bridgehead atoms. The van der Waals surface area contributed by atoms with Crippen molar-refractivity contribution in [1.29, 1.82) is 0 Å². The van der Waals surface area contributed by atoms with E-state index in [4.69, 9.17) is 0 Å². The molecule has 5 rings (SSSR count). The molecule has 5 atom stereocenters. The standard InChI is InChI=1S/C21H25N5O5S2/c1-3-14-10-16(33(29,30)31)11-17(14)20-24-23-19-12-22-21-18(26(19)20)8-9-25(21)32(27,28)15-6-4-13(2)5-7-15/h4-9,12,14,16-18,21H,3,10-11H2,1-2H3,(H,29,30,31)/t14-,16+,17+,18?,21?/m1/s1. The molecule has 0 spiro atoms. The number of aliphatic imine (C=N–C) groups is 1. The van der Waals surface area contributed by atoms with Gasteiger partial charge in [0.15, 0.2) is 12.0 Å². The lowest BCUT2D eigenvalue weighted by molar-refractivity contribution is 0.340. The number of sulfonamides is 1. The van der Waals surface area contributed by atoms with Crippen LogP contribution < -0.4 is 0 Å². The fraction of sp³-hybridized carbons (Fsp3) is 0.476. The van der Waals surface area contributed by atoms with Crippen LogP contribution in [0, 0.1) is 12.8 Å². The van der Waals surface area contributed by atoms with E-state index in [1.54, 1.807) is 30.3 Å². The van der Waals surface area contributed by atoms with E-state index in [-0.39, 0.29) is 23.2 Å². The highest BCUT2D eigenvalue weighted by Crippen LogP contribution is 2.45. The highest BCUT2D eigenvalue weighted by molar-refractivity contribution is 7.89. The van der Waals surface area contributed by atoms with E-state index in [2.05, 4.69) is 15.2 Å². The average molecular weight is 492 g/mol. The molecule has 10 nitrogen and oxygen atoms in total. The number of aromatic nitrogens is 3. The molecule has 1 N–H and O–H groups in total. The van der Waals surface area contributed by atoms with Crippen LogP contribution in [0.4, 0.5) is 0 Å². The Kier molecular flexibility index (Phi) is 5.22. The molecule has 0 saturated heterocycles. The van der Waals surface area contributed by atoms with Gasteiger partial charge in [0.2, 0.25) is 0 Å². The number of nitrogens with zero attached hydrogens (tertiary/aromatic N) is 5. The molecule has 1 saturated carbocycles. The third-order valence-electron chi connectivity index (χ3n) is 6.91. The van der Waals surface area contributed by atoms with Crippen molar-refractivity contribution >= 4 is 26.4 Å². The Bertz CT molecular complexity index is 1350. The van der Waals surface area contributed by atoms with Gasteiger partial charge in [0.05, 0.1) is 22.4 Å². The zero-order valence-electron chi connectivity index (χ0n) is 18.2. The van der Waals surface area contributed by atoms with Crippen LogP contribution in [0.15, 0.2) is 46.4 Å². The highest BCUT2D eigenvalue weighted by Gasteiger charge is 2.46. The number of benzene rings is 1. The molecular weight excluding hydrogens is 466 g/mol. The Morgan fingerprint density at radius 2 is 1.82 bits per heavy atom. The molecule has 1 aromatic heterocycles. The quantitative estimate of drug-likeness (QED) is 0.634. The van der Waals surface area contributed by atoms with Crippen LogP contribution in [0.2, 0.25) is 0 Å². The minimum Gasteiger partial charge on any atom is -0.299 e. The zero-order chi connectivity index (χ0) is 23.5. The van der Waals surface area contributed by atoms with Gasteiger partial charge in [0, 0.05) is 12.1 Å². The molecule has 0 radical (unpaired) electrons. The lowest BCUT2D eigenvalue weighted by Crippen LogP contribution is -2.39. The highest BCUT2D eigenvalue weighted by atomic mass is 32.2. The van der Waals surface area contributed by atoms with Gasteiger partial charge in [-0.1, -0.05) is 31.0 Å². The fourth-order valence-electron chi connectivity index (χ4n) is 5.13. The summed E-state index contributed by atoms with van der Waals surface area (Å²) in [6.07, 6.45) is 5.40. The molecule has 1 fully saturated rings. The summed E-state index contributed by atoms with van der Waals surface area (Å²) in [5.41, 5.74) is 0.962. The summed E-state index contributed by atoms with van der Waals surface area (Å²) in [5, 5.41) is 7.73. The van der Waals surface area contributed by atoms with Gasteiger partial charge in [0.25, 0.3) is 20.1 Å². The van der Waals surface area contributed by atoms with E-state index < -0.39 is 37.6 Å². The van der Waals surface area contributed by atoms with Gasteiger partial charge in [-0.25, -0.2) is 12.7 Å². The molecular formula is C21H25N5O5S2. The van der Waals surface area contributed by atoms with Crippen molar-refractivity contribution < 1.29 is 21.4 Å². The van der Waals surface area contributed by atoms with Crippen molar-refractivity contribution in [1.82, 2.24) is 19.1 Å². The van der Waals surface area contributed by atoms with Gasteiger partial charge in [-0.05, 0) is 43.9 Å². The third kappa shape index (κ3) is 3.60. The first-order valence-electron chi connectivity index (χ1n) is 10.8. The summed E-state index contributed by atoms with van der Waals surface area (Å²) >= 11 is 0. The summed E-state index contributed by atoms with van der Waals surface area (Å²) in [7, 11) is -7.98. The maximum Gasteiger partial charge on any atom is 0.267 e. The van der Waals surface area contributed by atoms with Gasteiger partial charge >= 0.3 is 0 Å². The maximum atomic E-state index is 13.3. The van der Waals surface area contributed by atoms with Gasteiger partial charge in [0.1, 0.15) is 5.82 Å². The molecule has 33 heavy (non-hydrogen) atoms. The van der Waals surface area contributed by atoms with E-state index in [1.165, 1.54) is 16.7 Å². The van der Waals surface area contributed by atoms with E-state index in [1.807, 2.05) is 18.4 Å². The van der Waals surface area contributed by atoms with Crippen LogP contribution in [0.1, 0.15) is 55.4 Å². The number of aryl methyl sites for hydroxylation is 1. The largest absolute Gasteiger partial charge is 0.299 e. The summed E-state index contributed by atoms with van der Waals surface area (Å²) in [6.45, 7) is 3.87. The SMILES string of the molecule is CC[C@@H]1C[C@H](S(=O)(=O)O)C[C@@H]1c1nnc2n1C1C=CN(S(=O)(=O)c3ccc(C)cc3)C1N=C2. The Labute approximate surface area is 192 Å². The van der Waals surface area contributed by atoms with E-state index in [0.29, 0.717) is 18.1 Å². The van der Waals surface area contributed by atoms with Crippen molar-refractivity contribution in [3.63, 3.8) is 0 Å². The Balaban J connectivity index is 1.49. The van der Waals surface area contributed by atoms with Crippen molar-refractivity contribution in [2.24, 2.45) is 10.9 Å². The number of hydrogen-bond donors (Lipinski definition) is 1. The van der Waals surface area contributed by atoms with Gasteiger partial charge < -0.3 is 0 Å². The fourth-order valence-corrected chi connectivity index (χ4v) is 7.49. The molecule has 2 aliphatic heterocycles.